The maximum absolute atomic E-state index is 4.42. The lowest BCUT2D eigenvalue weighted by molar-refractivity contribution is 0.584. The molecule has 116 valence electrons. The van der Waals surface area contributed by atoms with Crippen LogP contribution in [0.5, 0.6) is 0 Å². The first-order valence-corrected chi connectivity index (χ1v) is 8.57. The summed E-state index contributed by atoms with van der Waals surface area (Å²) < 4.78 is 0. The molecule has 0 radical (unpaired) electrons. The standard InChI is InChI=1S/C17H22N4S/c1-3-14-10-19-16(22-14)11-21-17(18-2)20-9-13-8-12-6-4-5-7-15(12)13/h4-7,10,13H,3,8-9,11H2,1-2H3,(H2,18,20,21). The van der Waals surface area contributed by atoms with Gasteiger partial charge in [0, 0.05) is 30.6 Å². The van der Waals surface area contributed by atoms with Gasteiger partial charge in [-0.3, -0.25) is 4.99 Å². The molecule has 1 heterocycles. The molecule has 3 rings (SSSR count). The summed E-state index contributed by atoms with van der Waals surface area (Å²) in [6.07, 6.45) is 4.17. The van der Waals surface area contributed by atoms with Gasteiger partial charge in [0.15, 0.2) is 5.96 Å². The van der Waals surface area contributed by atoms with E-state index in [1.54, 1.807) is 11.3 Å². The minimum absolute atomic E-state index is 0.598. The number of nitrogens with zero attached hydrogens (tertiary/aromatic N) is 2. The molecule has 0 saturated heterocycles. The van der Waals surface area contributed by atoms with Gasteiger partial charge < -0.3 is 10.6 Å². The Labute approximate surface area is 135 Å². The lowest BCUT2D eigenvalue weighted by Crippen LogP contribution is -2.40. The summed E-state index contributed by atoms with van der Waals surface area (Å²) >= 11 is 1.76. The number of aliphatic imine (C=N–C) groups is 1. The van der Waals surface area contributed by atoms with Crippen molar-refractivity contribution in [2.75, 3.05) is 13.6 Å². The van der Waals surface area contributed by atoms with E-state index < -0.39 is 0 Å². The average Bonchev–Trinajstić information content (AvgIpc) is 2.99. The van der Waals surface area contributed by atoms with Crippen molar-refractivity contribution in [2.45, 2.75) is 32.2 Å². The predicted molar refractivity (Wildman–Crippen MR) is 92.6 cm³/mol. The van der Waals surface area contributed by atoms with Crippen molar-refractivity contribution in [2.24, 2.45) is 4.99 Å². The highest BCUT2D eigenvalue weighted by Crippen LogP contribution is 2.33. The third-order valence-electron chi connectivity index (χ3n) is 4.06. The van der Waals surface area contributed by atoms with E-state index in [-0.39, 0.29) is 0 Å². The highest BCUT2D eigenvalue weighted by atomic mass is 32.1. The Morgan fingerprint density at radius 1 is 1.36 bits per heavy atom. The van der Waals surface area contributed by atoms with Crippen LogP contribution in [-0.2, 0) is 19.4 Å². The van der Waals surface area contributed by atoms with Gasteiger partial charge in [-0.1, -0.05) is 31.2 Å². The Balaban J connectivity index is 1.47. The summed E-state index contributed by atoms with van der Waals surface area (Å²) in [7, 11) is 1.81. The lowest BCUT2D eigenvalue weighted by atomic mass is 9.78. The largest absolute Gasteiger partial charge is 0.356 e. The fourth-order valence-electron chi connectivity index (χ4n) is 2.74. The molecule has 4 nitrogen and oxygen atoms in total. The molecule has 1 aliphatic carbocycles. The van der Waals surface area contributed by atoms with Crippen LogP contribution in [-0.4, -0.2) is 24.5 Å². The van der Waals surface area contributed by atoms with Crippen LogP contribution >= 0.6 is 11.3 Å². The molecular formula is C17H22N4S. The van der Waals surface area contributed by atoms with E-state index in [2.05, 4.69) is 51.8 Å². The van der Waals surface area contributed by atoms with Crippen LogP contribution in [0.4, 0.5) is 0 Å². The fourth-order valence-corrected chi connectivity index (χ4v) is 3.54. The van der Waals surface area contributed by atoms with Crippen molar-refractivity contribution in [1.29, 1.82) is 0 Å². The van der Waals surface area contributed by atoms with Crippen LogP contribution in [0, 0.1) is 0 Å². The Hall–Kier alpha value is -1.88. The summed E-state index contributed by atoms with van der Waals surface area (Å²) in [5, 5.41) is 7.86. The minimum Gasteiger partial charge on any atom is -0.356 e. The van der Waals surface area contributed by atoms with Gasteiger partial charge in [0.1, 0.15) is 5.01 Å². The third kappa shape index (κ3) is 3.30. The average molecular weight is 314 g/mol. The van der Waals surface area contributed by atoms with Gasteiger partial charge >= 0.3 is 0 Å². The second-order valence-electron chi connectivity index (χ2n) is 5.48. The van der Waals surface area contributed by atoms with E-state index in [1.807, 2.05) is 13.2 Å². The molecule has 0 bridgehead atoms. The first kappa shape index (κ1) is 15.0. The SMILES string of the molecule is CCc1cnc(CNC(=NC)NCC2Cc3ccccc32)s1. The molecule has 0 saturated carbocycles. The number of aromatic nitrogens is 1. The van der Waals surface area contributed by atoms with Crippen LogP contribution in [0.3, 0.4) is 0 Å². The van der Waals surface area contributed by atoms with Crippen molar-refractivity contribution in [3.05, 3.63) is 51.5 Å². The van der Waals surface area contributed by atoms with Crippen molar-refractivity contribution in [1.82, 2.24) is 15.6 Å². The van der Waals surface area contributed by atoms with Crippen LogP contribution in [0.15, 0.2) is 35.5 Å². The summed E-state index contributed by atoms with van der Waals surface area (Å²) in [5.41, 5.74) is 2.95. The number of benzene rings is 1. The fraction of sp³-hybridized carbons (Fsp3) is 0.412. The number of thiazole rings is 1. The zero-order chi connectivity index (χ0) is 15.4. The second kappa shape index (κ2) is 6.92. The molecule has 0 amide bonds. The Bertz CT molecular complexity index is 662. The highest BCUT2D eigenvalue weighted by Gasteiger charge is 2.25. The van der Waals surface area contributed by atoms with Crippen molar-refractivity contribution in [3.8, 4) is 0 Å². The summed E-state index contributed by atoms with van der Waals surface area (Å²) in [6, 6.07) is 8.67. The van der Waals surface area contributed by atoms with Gasteiger partial charge in [-0.25, -0.2) is 4.98 Å². The number of hydrogen-bond acceptors (Lipinski definition) is 3. The predicted octanol–water partition coefficient (Wildman–Crippen LogP) is 2.71. The zero-order valence-corrected chi connectivity index (χ0v) is 13.9. The van der Waals surface area contributed by atoms with Gasteiger partial charge in [0.2, 0.25) is 0 Å². The van der Waals surface area contributed by atoms with Crippen molar-refractivity contribution < 1.29 is 0 Å². The van der Waals surface area contributed by atoms with Gasteiger partial charge in [0.25, 0.3) is 0 Å². The number of aryl methyl sites for hydroxylation is 1. The summed E-state index contributed by atoms with van der Waals surface area (Å²) in [6.45, 7) is 3.81. The molecule has 1 aromatic heterocycles. The van der Waals surface area contributed by atoms with E-state index in [0.29, 0.717) is 5.92 Å². The normalized spacial score (nSPS) is 16.8. The molecule has 1 aliphatic rings. The molecule has 1 atom stereocenters. The number of guanidine groups is 1. The lowest BCUT2D eigenvalue weighted by Gasteiger charge is -2.30. The monoisotopic (exact) mass is 314 g/mol. The molecule has 0 aliphatic heterocycles. The Morgan fingerprint density at radius 2 is 2.23 bits per heavy atom. The molecule has 1 aromatic carbocycles. The van der Waals surface area contributed by atoms with E-state index in [9.17, 15) is 0 Å². The highest BCUT2D eigenvalue weighted by molar-refractivity contribution is 7.11. The summed E-state index contributed by atoms with van der Waals surface area (Å²) in [4.78, 5) is 10.0. The third-order valence-corrected chi connectivity index (χ3v) is 5.20. The smallest absolute Gasteiger partial charge is 0.191 e. The van der Waals surface area contributed by atoms with E-state index in [4.69, 9.17) is 0 Å². The van der Waals surface area contributed by atoms with Crippen molar-refractivity contribution >= 4 is 17.3 Å². The van der Waals surface area contributed by atoms with E-state index >= 15 is 0 Å². The van der Waals surface area contributed by atoms with Gasteiger partial charge in [-0.05, 0) is 24.0 Å². The second-order valence-corrected chi connectivity index (χ2v) is 6.68. The first-order valence-electron chi connectivity index (χ1n) is 7.76. The molecule has 2 N–H and O–H groups in total. The van der Waals surface area contributed by atoms with Gasteiger partial charge in [-0.2, -0.15) is 0 Å². The molecule has 1 unspecified atom stereocenters. The number of nitrogens with one attached hydrogen (secondary N) is 2. The van der Waals surface area contributed by atoms with Crippen molar-refractivity contribution in [3.63, 3.8) is 0 Å². The van der Waals surface area contributed by atoms with Gasteiger partial charge in [0.05, 0.1) is 6.54 Å². The molecule has 2 aromatic rings. The molecular weight excluding hydrogens is 292 g/mol. The Kier molecular flexibility index (Phi) is 4.73. The number of hydrogen-bond donors (Lipinski definition) is 2. The van der Waals surface area contributed by atoms with E-state index in [1.165, 1.54) is 16.0 Å². The minimum atomic E-state index is 0.598. The maximum Gasteiger partial charge on any atom is 0.191 e. The van der Waals surface area contributed by atoms with Gasteiger partial charge in [-0.15, -0.1) is 11.3 Å². The maximum atomic E-state index is 4.42. The van der Waals surface area contributed by atoms with Crippen LogP contribution < -0.4 is 10.6 Å². The zero-order valence-electron chi connectivity index (χ0n) is 13.1. The summed E-state index contributed by atoms with van der Waals surface area (Å²) in [5.74, 6) is 1.44. The molecule has 22 heavy (non-hydrogen) atoms. The first-order chi connectivity index (χ1) is 10.8. The topological polar surface area (TPSA) is 49.3 Å². The van der Waals surface area contributed by atoms with Crippen LogP contribution in [0.25, 0.3) is 0 Å². The van der Waals surface area contributed by atoms with Crippen LogP contribution in [0.1, 0.15) is 33.9 Å². The van der Waals surface area contributed by atoms with Crippen LogP contribution in [0.2, 0.25) is 0 Å². The number of rotatable bonds is 5. The number of fused-ring (bicyclic) bond motifs is 1. The molecule has 5 heteroatoms. The molecule has 0 spiro atoms. The Morgan fingerprint density at radius 3 is 2.95 bits per heavy atom. The quantitative estimate of drug-likeness (QED) is 0.659. The van der Waals surface area contributed by atoms with E-state index in [0.717, 1.165) is 36.9 Å². The molecule has 0 fully saturated rings.